The molecule has 1 amide bonds. The Labute approximate surface area is 180 Å². The van der Waals surface area contributed by atoms with Crippen molar-refractivity contribution in [3.63, 3.8) is 0 Å². The molecule has 3 heterocycles. The Hall–Kier alpha value is -3.41. The average Bonchev–Trinajstić information content (AvgIpc) is 3.44. The van der Waals surface area contributed by atoms with Crippen LogP contribution in [0, 0.1) is 12.7 Å². The van der Waals surface area contributed by atoms with Crippen LogP contribution in [0.3, 0.4) is 0 Å². The van der Waals surface area contributed by atoms with E-state index in [4.69, 9.17) is 0 Å². The monoisotopic (exact) mass is 414 g/mol. The number of pyridine rings is 2. The molecular formula is C25H23FN4O. The maximum atomic E-state index is 13.2. The van der Waals surface area contributed by atoms with E-state index in [1.54, 1.807) is 6.20 Å². The van der Waals surface area contributed by atoms with Gasteiger partial charge in [0.05, 0.1) is 24.4 Å². The van der Waals surface area contributed by atoms with E-state index < -0.39 is 0 Å². The van der Waals surface area contributed by atoms with Crippen LogP contribution in [0.2, 0.25) is 0 Å². The maximum absolute atomic E-state index is 13.2. The van der Waals surface area contributed by atoms with Gasteiger partial charge in [-0.2, -0.15) is 0 Å². The molecule has 1 fully saturated rings. The second kappa shape index (κ2) is 7.69. The van der Waals surface area contributed by atoms with Crippen LogP contribution in [0.4, 0.5) is 4.39 Å². The van der Waals surface area contributed by atoms with Crippen LogP contribution in [0.25, 0.3) is 0 Å². The van der Waals surface area contributed by atoms with E-state index in [2.05, 4.69) is 20.3 Å². The van der Waals surface area contributed by atoms with Crippen LogP contribution < -0.4 is 5.32 Å². The lowest BCUT2D eigenvalue weighted by molar-refractivity contribution is -0.120. The molecule has 1 saturated carbocycles. The van der Waals surface area contributed by atoms with Crippen molar-refractivity contribution in [3.05, 3.63) is 94.3 Å². The van der Waals surface area contributed by atoms with Crippen molar-refractivity contribution in [1.29, 1.82) is 0 Å². The lowest BCUT2D eigenvalue weighted by Gasteiger charge is -2.16. The number of aryl methyl sites for hydroxylation is 1. The van der Waals surface area contributed by atoms with E-state index in [9.17, 15) is 9.18 Å². The molecule has 0 unspecified atom stereocenters. The van der Waals surface area contributed by atoms with Gasteiger partial charge in [0, 0.05) is 41.2 Å². The number of nitrogens with one attached hydrogen (secondary N) is 1. The summed E-state index contributed by atoms with van der Waals surface area (Å²) in [6.45, 7) is 3.12. The fourth-order valence-corrected chi connectivity index (χ4v) is 4.19. The molecule has 0 bridgehead atoms. The van der Waals surface area contributed by atoms with Gasteiger partial charge in [0.1, 0.15) is 5.82 Å². The van der Waals surface area contributed by atoms with Crippen molar-refractivity contribution in [2.45, 2.75) is 38.1 Å². The number of nitrogens with zero attached hydrogens (tertiary/aromatic N) is 3. The molecule has 0 radical (unpaired) electrons. The maximum Gasteiger partial charge on any atom is 0.226 e. The first-order valence-electron chi connectivity index (χ1n) is 10.5. The minimum atomic E-state index is -0.238. The molecule has 1 aromatic carbocycles. The molecule has 5 nitrogen and oxygen atoms in total. The summed E-state index contributed by atoms with van der Waals surface area (Å²) >= 11 is 0. The van der Waals surface area contributed by atoms with Crippen LogP contribution in [-0.2, 0) is 23.2 Å². The molecule has 1 aliphatic carbocycles. The molecule has 5 rings (SSSR count). The number of carbonyl (C=O) groups is 1. The number of hydrogen-bond donors (Lipinski definition) is 1. The molecule has 2 aliphatic rings. The third-order valence-electron chi connectivity index (χ3n) is 6.15. The first-order valence-corrected chi connectivity index (χ1v) is 10.5. The summed E-state index contributed by atoms with van der Waals surface area (Å²) in [6.07, 6.45) is 5.85. The Balaban J connectivity index is 1.23. The van der Waals surface area contributed by atoms with Gasteiger partial charge < -0.3 is 5.32 Å². The minimum Gasteiger partial charge on any atom is -0.355 e. The standard InChI is InChI=1S/C25H23FN4O/c1-16-10-17(6-9-27-16)24-22-14-28-21(11-18(22)13-29-24)12-23(31)30-15-25(7-8-25)19-2-4-20(26)5-3-19/h2-6,9-11,14H,7-8,12-13,15H2,1H3,(H,30,31). The Kier molecular flexibility index (Phi) is 4.85. The fourth-order valence-electron chi connectivity index (χ4n) is 4.19. The zero-order valence-electron chi connectivity index (χ0n) is 17.4. The highest BCUT2D eigenvalue weighted by Crippen LogP contribution is 2.47. The number of aromatic nitrogens is 2. The van der Waals surface area contributed by atoms with Gasteiger partial charge in [0.2, 0.25) is 5.91 Å². The number of carbonyl (C=O) groups excluding carboxylic acids is 1. The van der Waals surface area contributed by atoms with Crippen molar-refractivity contribution in [1.82, 2.24) is 15.3 Å². The quantitative estimate of drug-likeness (QED) is 0.669. The molecule has 3 aromatic rings. The molecular weight excluding hydrogens is 391 g/mol. The number of amides is 1. The van der Waals surface area contributed by atoms with Crippen LogP contribution in [0.1, 0.15) is 46.5 Å². The Bertz CT molecular complexity index is 1180. The molecule has 0 atom stereocenters. The fraction of sp³-hybridized carbons (Fsp3) is 0.280. The second-order valence-electron chi connectivity index (χ2n) is 8.42. The molecule has 1 aliphatic heterocycles. The van der Waals surface area contributed by atoms with E-state index in [1.807, 2.05) is 43.5 Å². The molecule has 0 spiro atoms. The van der Waals surface area contributed by atoms with Gasteiger partial charge in [-0.1, -0.05) is 12.1 Å². The van der Waals surface area contributed by atoms with Gasteiger partial charge in [-0.05, 0) is 61.2 Å². The minimum absolute atomic E-state index is 0.0512. The summed E-state index contributed by atoms with van der Waals surface area (Å²) in [6, 6.07) is 12.6. The van der Waals surface area contributed by atoms with Crippen LogP contribution in [0.5, 0.6) is 0 Å². The van der Waals surface area contributed by atoms with Crippen LogP contribution in [0.15, 0.2) is 59.9 Å². The summed E-state index contributed by atoms with van der Waals surface area (Å²) in [4.78, 5) is 26.0. The molecule has 156 valence electrons. The number of aliphatic imine (C=N–C) groups is 1. The lowest BCUT2D eigenvalue weighted by atomic mass is 9.96. The number of benzene rings is 1. The topological polar surface area (TPSA) is 67.2 Å². The second-order valence-corrected chi connectivity index (χ2v) is 8.42. The van der Waals surface area contributed by atoms with Crippen LogP contribution >= 0.6 is 0 Å². The van der Waals surface area contributed by atoms with E-state index in [0.717, 1.165) is 52.2 Å². The summed E-state index contributed by atoms with van der Waals surface area (Å²) in [5.41, 5.74) is 6.79. The normalized spacial score (nSPS) is 15.9. The highest BCUT2D eigenvalue weighted by Gasteiger charge is 2.44. The van der Waals surface area contributed by atoms with Gasteiger partial charge in [-0.15, -0.1) is 0 Å². The third-order valence-corrected chi connectivity index (χ3v) is 6.15. The van der Waals surface area contributed by atoms with Crippen molar-refractivity contribution in [2.75, 3.05) is 6.54 Å². The van der Waals surface area contributed by atoms with E-state index in [-0.39, 0.29) is 23.6 Å². The molecule has 6 heteroatoms. The lowest BCUT2D eigenvalue weighted by Crippen LogP contribution is -2.33. The van der Waals surface area contributed by atoms with Crippen molar-refractivity contribution in [2.24, 2.45) is 4.99 Å². The predicted molar refractivity (Wildman–Crippen MR) is 117 cm³/mol. The number of fused-ring (bicyclic) bond motifs is 1. The molecule has 1 N–H and O–H groups in total. The largest absolute Gasteiger partial charge is 0.355 e. The third kappa shape index (κ3) is 3.98. The van der Waals surface area contributed by atoms with Crippen molar-refractivity contribution < 1.29 is 9.18 Å². The Morgan fingerprint density at radius 1 is 1.13 bits per heavy atom. The number of rotatable bonds is 6. The molecule has 31 heavy (non-hydrogen) atoms. The zero-order chi connectivity index (χ0) is 21.4. The van der Waals surface area contributed by atoms with Gasteiger partial charge >= 0.3 is 0 Å². The van der Waals surface area contributed by atoms with Gasteiger partial charge in [-0.3, -0.25) is 19.8 Å². The Morgan fingerprint density at radius 3 is 2.68 bits per heavy atom. The van der Waals surface area contributed by atoms with E-state index in [1.165, 1.54) is 12.1 Å². The van der Waals surface area contributed by atoms with Crippen molar-refractivity contribution >= 4 is 11.6 Å². The smallest absolute Gasteiger partial charge is 0.226 e. The van der Waals surface area contributed by atoms with Gasteiger partial charge in [0.15, 0.2) is 0 Å². The summed E-state index contributed by atoms with van der Waals surface area (Å²) < 4.78 is 13.2. The van der Waals surface area contributed by atoms with Crippen molar-refractivity contribution in [3.8, 4) is 0 Å². The highest BCUT2D eigenvalue weighted by molar-refractivity contribution is 6.15. The SMILES string of the molecule is Cc1cc(C2=NCc3cc(CC(=O)NCC4(c5ccc(F)cc5)CC4)ncc32)ccn1. The predicted octanol–water partition coefficient (Wildman–Crippen LogP) is 3.67. The van der Waals surface area contributed by atoms with E-state index >= 15 is 0 Å². The van der Waals surface area contributed by atoms with Gasteiger partial charge in [-0.25, -0.2) is 4.39 Å². The first-order chi connectivity index (χ1) is 15.0. The van der Waals surface area contributed by atoms with Gasteiger partial charge in [0.25, 0.3) is 0 Å². The number of hydrogen-bond acceptors (Lipinski definition) is 4. The zero-order valence-corrected chi connectivity index (χ0v) is 17.4. The summed E-state index contributed by atoms with van der Waals surface area (Å²) in [7, 11) is 0. The summed E-state index contributed by atoms with van der Waals surface area (Å²) in [5, 5.41) is 3.05. The highest BCUT2D eigenvalue weighted by atomic mass is 19.1. The summed E-state index contributed by atoms with van der Waals surface area (Å²) in [5.74, 6) is -0.290. The van der Waals surface area contributed by atoms with Crippen LogP contribution in [-0.4, -0.2) is 28.1 Å². The first kappa shape index (κ1) is 19.5. The molecule has 2 aromatic heterocycles. The number of halogens is 1. The van der Waals surface area contributed by atoms with E-state index in [0.29, 0.717) is 13.1 Å². The Morgan fingerprint density at radius 2 is 1.94 bits per heavy atom. The molecule has 0 saturated heterocycles. The average molecular weight is 414 g/mol.